The van der Waals surface area contributed by atoms with Crippen molar-refractivity contribution in [3.63, 3.8) is 0 Å². The molecule has 3 aromatic rings. The molecule has 0 saturated heterocycles. The largest absolute Gasteiger partial charge is 0.444 e. The smallest absolute Gasteiger partial charge is 0.408 e. The Labute approximate surface area is 241 Å². The number of benzene rings is 3. The van der Waals surface area contributed by atoms with Gasteiger partial charge in [-0.15, -0.1) is 6.42 Å². The van der Waals surface area contributed by atoms with Gasteiger partial charge in [-0.2, -0.15) is 12.6 Å². The third kappa shape index (κ3) is 6.78. The molecule has 8 heteroatoms. The number of thiol groups is 1. The van der Waals surface area contributed by atoms with Crippen molar-refractivity contribution in [2.75, 3.05) is 11.1 Å². The van der Waals surface area contributed by atoms with Crippen molar-refractivity contribution < 1.29 is 19.1 Å². The van der Waals surface area contributed by atoms with Gasteiger partial charge in [0.05, 0.1) is 0 Å². The zero-order chi connectivity index (χ0) is 28.9. The molecule has 1 aliphatic rings. The quantitative estimate of drug-likeness (QED) is 0.245. The minimum absolute atomic E-state index is 0.0249. The summed E-state index contributed by atoms with van der Waals surface area (Å²) in [5, 5.41) is 7.69. The predicted molar refractivity (Wildman–Crippen MR) is 161 cm³/mol. The molecule has 40 heavy (non-hydrogen) atoms. The van der Waals surface area contributed by atoms with Crippen LogP contribution in [0.5, 0.6) is 0 Å². The highest BCUT2D eigenvalue weighted by atomic mass is 32.1. The van der Waals surface area contributed by atoms with E-state index in [0.717, 1.165) is 30.0 Å². The standard InChI is InChI=1S/C32H35N3O4S/c1-5-21-11-8-9-16-26(21)28(29(36)33-24-18-17-22-12-6-7-13-23(22)19-24)35(25-14-10-15-25)30(37)27(20-40)34-31(38)39-32(2,3)4/h1,6-9,11-13,16-19,25,27-28,40H,10,14-15,20H2,2-4H3,(H,33,36)(H,34,38). The number of terminal acetylenes is 1. The lowest BCUT2D eigenvalue weighted by Crippen LogP contribution is -2.57. The van der Waals surface area contributed by atoms with Crippen molar-refractivity contribution in [2.45, 2.75) is 63.8 Å². The van der Waals surface area contributed by atoms with E-state index in [1.54, 1.807) is 49.9 Å². The van der Waals surface area contributed by atoms with Crippen LogP contribution in [0.25, 0.3) is 10.8 Å². The molecule has 4 rings (SSSR count). The van der Waals surface area contributed by atoms with E-state index in [9.17, 15) is 14.4 Å². The summed E-state index contributed by atoms with van der Waals surface area (Å²) in [7, 11) is 0. The molecule has 0 aliphatic heterocycles. The second-order valence-electron chi connectivity index (χ2n) is 10.9. The first-order valence-electron chi connectivity index (χ1n) is 13.4. The Bertz CT molecular complexity index is 1440. The van der Waals surface area contributed by atoms with E-state index in [4.69, 9.17) is 11.2 Å². The summed E-state index contributed by atoms with van der Waals surface area (Å²) in [6.45, 7) is 5.23. The zero-order valence-corrected chi connectivity index (χ0v) is 23.9. The van der Waals surface area contributed by atoms with E-state index in [1.807, 2.05) is 42.5 Å². The molecule has 1 saturated carbocycles. The molecule has 1 fully saturated rings. The molecule has 2 atom stereocenters. The summed E-state index contributed by atoms with van der Waals surface area (Å²) in [4.78, 5) is 42.4. The number of rotatable bonds is 8. The van der Waals surface area contributed by atoms with E-state index in [1.165, 1.54) is 0 Å². The first-order chi connectivity index (χ1) is 19.1. The number of carbonyl (C=O) groups is 3. The van der Waals surface area contributed by atoms with E-state index in [0.29, 0.717) is 16.8 Å². The number of anilines is 1. The summed E-state index contributed by atoms with van der Waals surface area (Å²) in [5.74, 6) is 1.88. The lowest BCUT2D eigenvalue weighted by molar-refractivity contribution is -0.145. The van der Waals surface area contributed by atoms with Crippen LogP contribution < -0.4 is 10.6 Å². The van der Waals surface area contributed by atoms with Crippen LogP contribution in [0.4, 0.5) is 10.5 Å². The summed E-state index contributed by atoms with van der Waals surface area (Å²) >= 11 is 4.36. The van der Waals surface area contributed by atoms with Crippen LogP contribution in [0, 0.1) is 12.3 Å². The fraction of sp³-hybridized carbons (Fsp3) is 0.344. The van der Waals surface area contributed by atoms with Crippen molar-refractivity contribution in [3.05, 3.63) is 77.9 Å². The van der Waals surface area contributed by atoms with Gasteiger partial charge in [0.25, 0.3) is 5.91 Å². The number of nitrogens with one attached hydrogen (secondary N) is 2. The van der Waals surface area contributed by atoms with Crippen molar-refractivity contribution in [2.24, 2.45) is 0 Å². The normalized spacial score (nSPS) is 14.8. The predicted octanol–water partition coefficient (Wildman–Crippen LogP) is 5.71. The molecule has 0 radical (unpaired) electrons. The van der Waals surface area contributed by atoms with Gasteiger partial charge in [0, 0.05) is 23.0 Å². The Morgan fingerprint density at radius 2 is 1.73 bits per heavy atom. The zero-order valence-electron chi connectivity index (χ0n) is 23.0. The van der Waals surface area contributed by atoms with Crippen molar-refractivity contribution in [1.29, 1.82) is 0 Å². The number of fused-ring (bicyclic) bond motifs is 1. The van der Waals surface area contributed by atoms with Gasteiger partial charge in [0.2, 0.25) is 5.91 Å². The number of hydrogen-bond acceptors (Lipinski definition) is 5. The summed E-state index contributed by atoms with van der Waals surface area (Å²) < 4.78 is 5.38. The van der Waals surface area contributed by atoms with E-state index in [2.05, 4.69) is 29.2 Å². The SMILES string of the molecule is C#Cc1ccccc1C(C(=O)Nc1ccc2ccccc2c1)N(C(=O)C(CS)NC(=O)OC(C)(C)C)C1CCC1. The highest BCUT2D eigenvalue weighted by Crippen LogP contribution is 2.35. The van der Waals surface area contributed by atoms with Crippen LogP contribution >= 0.6 is 12.6 Å². The van der Waals surface area contributed by atoms with Crippen LogP contribution in [-0.4, -0.2) is 46.2 Å². The van der Waals surface area contributed by atoms with Gasteiger partial charge in [-0.05, 0) is 74.6 Å². The molecule has 0 spiro atoms. The van der Waals surface area contributed by atoms with Crippen LogP contribution in [0.3, 0.4) is 0 Å². The highest BCUT2D eigenvalue weighted by molar-refractivity contribution is 7.80. The Hall–Kier alpha value is -3.96. The van der Waals surface area contributed by atoms with Gasteiger partial charge in [0.1, 0.15) is 17.7 Å². The topological polar surface area (TPSA) is 87.7 Å². The fourth-order valence-electron chi connectivity index (χ4n) is 4.76. The molecule has 3 amide bonds. The second-order valence-corrected chi connectivity index (χ2v) is 11.3. The lowest BCUT2D eigenvalue weighted by Gasteiger charge is -2.43. The van der Waals surface area contributed by atoms with Gasteiger partial charge in [-0.1, -0.05) is 54.5 Å². The highest BCUT2D eigenvalue weighted by Gasteiger charge is 2.42. The molecular weight excluding hydrogens is 522 g/mol. The van der Waals surface area contributed by atoms with Crippen molar-refractivity contribution in [3.8, 4) is 12.3 Å². The third-order valence-electron chi connectivity index (χ3n) is 6.85. The van der Waals surface area contributed by atoms with Crippen molar-refractivity contribution >= 4 is 47.0 Å². The Balaban J connectivity index is 1.72. The second kappa shape index (κ2) is 12.5. The molecule has 0 heterocycles. The minimum Gasteiger partial charge on any atom is -0.444 e. The summed E-state index contributed by atoms with van der Waals surface area (Å²) in [6.07, 6.45) is 7.50. The number of hydrogen-bond donors (Lipinski definition) is 3. The maximum absolute atomic E-state index is 14.1. The van der Waals surface area contributed by atoms with Gasteiger partial charge >= 0.3 is 6.09 Å². The number of alkyl carbamates (subject to hydrolysis) is 1. The molecule has 2 N–H and O–H groups in total. The monoisotopic (exact) mass is 557 g/mol. The van der Waals surface area contributed by atoms with Crippen LogP contribution in [-0.2, 0) is 14.3 Å². The van der Waals surface area contributed by atoms with Crippen LogP contribution in [0.2, 0.25) is 0 Å². The molecule has 3 aromatic carbocycles. The molecule has 1 aliphatic carbocycles. The molecule has 208 valence electrons. The molecular formula is C32H35N3O4S. The summed E-state index contributed by atoms with van der Waals surface area (Å²) in [5.41, 5.74) is 0.917. The Morgan fingerprint density at radius 3 is 2.35 bits per heavy atom. The van der Waals surface area contributed by atoms with Gasteiger partial charge in [0.15, 0.2) is 0 Å². The maximum Gasteiger partial charge on any atom is 0.408 e. The number of carbonyl (C=O) groups excluding carboxylic acids is 3. The first kappa shape index (κ1) is 29.0. The molecule has 0 aromatic heterocycles. The average Bonchev–Trinajstić information content (AvgIpc) is 2.89. The van der Waals surface area contributed by atoms with Crippen LogP contribution in [0.15, 0.2) is 66.7 Å². The fourth-order valence-corrected chi connectivity index (χ4v) is 5.01. The molecule has 2 unspecified atom stereocenters. The Morgan fingerprint density at radius 1 is 1.05 bits per heavy atom. The first-order valence-corrected chi connectivity index (χ1v) is 14.0. The molecule has 0 bridgehead atoms. The van der Waals surface area contributed by atoms with E-state index >= 15 is 0 Å². The molecule has 7 nitrogen and oxygen atoms in total. The lowest BCUT2D eigenvalue weighted by atomic mass is 9.87. The number of nitrogens with zero attached hydrogens (tertiary/aromatic N) is 1. The van der Waals surface area contributed by atoms with Crippen LogP contribution in [0.1, 0.15) is 57.2 Å². The Kier molecular flexibility index (Phi) is 9.06. The third-order valence-corrected chi connectivity index (χ3v) is 7.21. The van der Waals surface area contributed by atoms with E-state index in [-0.39, 0.29) is 11.8 Å². The van der Waals surface area contributed by atoms with Gasteiger partial charge in [-0.25, -0.2) is 4.79 Å². The summed E-state index contributed by atoms with van der Waals surface area (Å²) in [6, 6.07) is 18.4. The number of ether oxygens (including phenoxy) is 1. The van der Waals surface area contributed by atoms with Crippen molar-refractivity contribution in [1.82, 2.24) is 10.2 Å². The minimum atomic E-state index is -1.03. The van der Waals surface area contributed by atoms with Gasteiger partial charge < -0.3 is 20.3 Å². The van der Waals surface area contributed by atoms with Gasteiger partial charge in [-0.3, -0.25) is 9.59 Å². The maximum atomic E-state index is 14.1. The van der Waals surface area contributed by atoms with E-state index < -0.39 is 35.6 Å². The average molecular weight is 558 g/mol. The number of amides is 3.